The standard InChI is InChI=1S/C23H22N4O2/c1-15-4-3-5-16(8-15)23-18(12-27(2)13-22-24-6-7-25-22)9-17-10-20-21(29-14-28-20)11-19(17)26-23/h3-11H,12-14H2,1-2H3,(H,24,25). The van der Waals surface area contributed by atoms with E-state index in [2.05, 4.69) is 59.2 Å². The van der Waals surface area contributed by atoms with E-state index in [9.17, 15) is 0 Å². The molecule has 29 heavy (non-hydrogen) atoms. The van der Waals surface area contributed by atoms with Gasteiger partial charge in [0, 0.05) is 36.0 Å². The Labute approximate surface area is 169 Å². The summed E-state index contributed by atoms with van der Waals surface area (Å²) in [5.74, 6) is 2.47. The average Bonchev–Trinajstić information content (AvgIpc) is 3.37. The second kappa shape index (κ2) is 7.22. The lowest BCUT2D eigenvalue weighted by Crippen LogP contribution is -2.19. The van der Waals surface area contributed by atoms with E-state index in [1.807, 2.05) is 18.3 Å². The molecular formula is C23H22N4O2. The SMILES string of the molecule is Cc1cccc(-c2nc3cc4c(cc3cc2CN(C)Cc2ncc[nH]2)OCO4)c1. The number of aromatic amines is 1. The first-order valence-corrected chi connectivity index (χ1v) is 9.63. The van der Waals surface area contributed by atoms with Gasteiger partial charge in [-0.2, -0.15) is 0 Å². The molecule has 1 N–H and O–H groups in total. The van der Waals surface area contributed by atoms with Crippen molar-refractivity contribution < 1.29 is 9.47 Å². The molecular weight excluding hydrogens is 364 g/mol. The summed E-state index contributed by atoms with van der Waals surface area (Å²) < 4.78 is 11.1. The number of fused-ring (bicyclic) bond motifs is 2. The Bertz CT molecular complexity index is 1170. The van der Waals surface area contributed by atoms with E-state index in [0.29, 0.717) is 0 Å². The minimum absolute atomic E-state index is 0.259. The fraction of sp³-hybridized carbons (Fsp3) is 0.217. The van der Waals surface area contributed by atoms with Crippen molar-refractivity contribution in [3.05, 3.63) is 71.8 Å². The van der Waals surface area contributed by atoms with Gasteiger partial charge in [-0.3, -0.25) is 4.90 Å². The normalized spacial score (nSPS) is 12.8. The minimum Gasteiger partial charge on any atom is -0.454 e. The number of H-pyrrole nitrogens is 1. The van der Waals surface area contributed by atoms with E-state index in [1.165, 1.54) is 5.56 Å². The van der Waals surface area contributed by atoms with Gasteiger partial charge < -0.3 is 14.5 Å². The van der Waals surface area contributed by atoms with Gasteiger partial charge in [-0.1, -0.05) is 23.8 Å². The number of hydrogen-bond donors (Lipinski definition) is 1. The van der Waals surface area contributed by atoms with Crippen LogP contribution in [0.4, 0.5) is 0 Å². The number of ether oxygens (including phenoxy) is 2. The Morgan fingerprint density at radius 3 is 2.72 bits per heavy atom. The van der Waals surface area contributed by atoms with Gasteiger partial charge in [0.2, 0.25) is 6.79 Å². The molecule has 0 fully saturated rings. The summed E-state index contributed by atoms with van der Waals surface area (Å²) in [6, 6.07) is 14.7. The summed E-state index contributed by atoms with van der Waals surface area (Å²) in [4.78, 5) is 14.8. The lowest BCUT2D eigenvalue weighted by molar-refractivity contribution is 0.174. The first kappa shape index (κ1) is 17.7. The van der Waals surface area contributed by atoms with Crippen molar-refractivity contribution in [3.8, 4) is 22.8 Å². The highest BCUT2D eigenvalue weighted by molar-refractivity contribution is 5.86. The maximum atomic E-state index is 5.56. The molecule has 4 aromatic rings. The summed E-state index contributed by atoms with van der Waals surface area (Å²) in [6.45, 7) is 3.85. The van der Waals surface area contributed by atoms with Gasteiger partial charge in [0.15, 0.2) is 11.5 Å². The molecule has 0 saturated heterocycles. The van der Waals surface area contributed by atoms with Crippen LogP contribution in [0.3, 0.4) is 0 Å². The van der Waals surface area contributed by atoms with Gasteiger partial charge in [0.05, 0.1) is 17.8 Å². The number of nitrogens with one attached hydrogen (secondary N) is 1. The molecule has 0 unspecified atom stereocenters. The molecule has 146 valence electrons. The molecule has 0 atom stereocenters. The number of benzene rings is 2. The zero-order valence-corrected chi connectivity index (χ0v) is 16.5. The number of rotatable bonds is 5. The van der Waals surface area contributed by atoms with Crippen molar-refractivity contribution >= 4 is 10.9 Å². The topological polar surface area (TPSA) is 63.3 Å². The Balaban J connectivity index is 1.59. The van der Waals surface area contributed by atoms with Gasteiger partial charge in [-0.05, 0) is 37.7 Å². The van der Waals surface area contributed by atoms with Crippen LogP contribution in [0, 0.1) is 6.92 Å². The van der Waals surface area contributed by atoms with Crippen LogP contribution >= 0.6 is 0 Å². The smallest absolute Gasteiger partial charge is 0.231 e. The van der Waals surface area contributed by atoms with E-state index >= 15 is 0 Å². The third kappa shape index (κ3) is 3.54. The fourth-order valence-electron chi connectivity index (χ4n) is 3.76. The molecule has 2 aromatic carbocycles. The first-order chi connectivity index (χ1) is 14.2. The second-order valence-corrected chi connectivity index (χ2v) is 7.47. The highest BCUT2D eigenvalue weighted by Crippen LogP contribution is 2.37. The van der Waals surface area contributed by atoms with E-state index in [1.54, 1.807) is 6.20 Å². The zero-order valence-electron chi connectivity index (χ0n) is 16.5. The van der Waals surface area contributed by atoms with Crippen LogP contribution in [0.25, 0.3) is 22.2 Å². The van der Waals surface area contributed by atoms with Crippen molar-refractivity contribution in [3.63, 3.8) is 0 Å². The van der Waals surface area contributed by atoms with E-state index < -0.39 is 0 Å². The Morgan fingerprint density at radius 2 is 1.93 bits per heavy atom. The number of pyridine rings is 1. The third-order valence-electron chi connectivity index (χ3n) is 5.09. The van der Waals surface area contributed by atoms with E-state index in [0.717, 1.165) is 58.1 Å². The Hall–Kier alpha value is -3.38. The average molecular weight is 386 g/mol. The predicted molar refractivity (Wildman–Crippen MR) is 112 cm³/mol. The van der Waals surface area contributed by atoms with Crippen LogP contribution in [-0.4, -0.2) is 33.7 Å². The van der Waals surface area contributed by atoms with Gasteiger partial charge in [-0.25, -0.2) is 9.97 Å². The third-order valence-corrected chi connectivity index (χ3v) is 5.09. The Kier molecular flexibility index (Phi) is 4.41. The van der Waals surface area contributed by atoms with Crippen LogP contribution in [-0.2, 0) is 13.1 Å². The molecule has 0 spiro atoms. The molecule has 6 heteroatoms. The molecule has 0 bridgehead atoms. The van der Waals surface area contributed by atoms with Gasteiger partial charge in [0.25, 0.3) is 0 Å². The van der Waals surface area contributed by atoms with Crippen molar-refractivity contribution in [2.75, 3.05) is 13.8 Å². The van der Waals surface area contributed by atoms with Crippen LogP contribution in [0.2, 0.25) is 0 Å². The van der Waals surface area contributed by atoms with Crippen molar-refractivity contribution in [1.29, 1.82) is 0 Å². The van der Waals surface area contributed by atoms with Crippen molar-refractivity contribution in [2.45, 2.75) is 20.0 Å². The number of aryl methyl sites for hydroxylation is 1. The Morgan fingerprint density at radius 1 is 1.07 bits per heavy atom. The lowest BCUT2D eigenvalue weighted by Gasteiger charge is -2.18. The van der Waals surface area contributed by atoms with Crippen LogP contribution in [0.1, 0.15) is 17.0 Å². The zero-order chi connectivity index (χ0) is 19.8. The lowest BCUT2D eigenvalue weighted by atomic mass is 10.0. The monoisotopic (exact) mass is 386 g/mol. The molecule has 0 saturated carbocycles. The van der Waals surface area contributed by atoms with Crippen LogP contribution in [0.5, 0.6) is 11.5 Å². The number of imidazole rings is 1. The summed E-state index contributed by atoms with van der Waals surface area (Å²) in [5.41, 5.74) is 5.39. The summed E-state index contributed by atoms with van der Waals surface area (Å²) in [5, 5.41) is 1.05. The second-order valence-electron chi connectivity index (χ2n) is 7.47. The molecule has 1 aliphatic rings. The van der Waals surface area contributed by atoms with Crippen molar-refractivity contribution in [2.24, 2.45) is 0 Å². The number of nitrogens with zero attached hydrogens (tertiary/aromatic N) is 3. The van der Waals surface area contributed by atoms with Crippen molar-refractivity contribution in [1.82, 2.24) is 19.9 Å². The maximum Gasteiger partial charge on any atom is 0.231 e. The van der Waals surface area contributed by atoms with Gasteiger partial charge in [-0.15, -0.1) is 0 Å². The highest BCUT2D eigenvalue weighted by Gasteiger charge is 2.18. The quantitative estimate of drug-likeness (QED) is 0.554. The largest absolute Gasteiger partial charge is 0.454 e. The van der Waals surface area contributed by atoms with Gasteiger partial charge >= 0.3 is 0 Å². The molecule has 5 rings (SSSR count). The number of hydrogen-bond acceptors (Lipinski definition) is 5. The molecule has 0 aliphatic carbocycles. The summed E-state index contributed by atoms with van der Waals surface area (Å²) in [6.07, 6.45) is 3.63. The maximum absolute atomic E-state index is 5.56. The number of aromatic nitrogens is 3. The molecule has 1 aliphatic heterocycles. The van der Waals surface area contributed by atoms with Crippen LogP contribution < -0.4 is 9.47 Å². The molecule has 0 radical (unpaired) electrons. The fourth-order valence-corrected chi connectivity index (χ4v) is 3.76. The summed E-state index contributed by atoms with van der Waals surface area (Å²) >= 11 is 0. The molecule has 3 heterocycles. The predicted octanol–water partition coefficient (Wildman–Crippen LogP) is 4.29. The van der Waals surface area contributed by atoms with Crippen LogP contribution in [0.15, 0.2) is 54.9 Å². The first-order valence-electron chi connectivity index (χ1n) is 9.63. The molecule has 0 amide bonds. The van der Waals surface area contributed by atoms with E-state index in [4.69, 9.17) is 14.5 Å². The molecule has 6 nitrogen and oxygen atoms in total. The minimum atomic E-state index is 0.259. The highest BCUT2D eigenvalue weighted by atomic mass is 16.7. The molecule has 2 aromatic heterocycles. The summed E-state index contributed by atoms with van der Waals surface area (Å²) in [7, 11) is 2.09. The van der Waals surface area contributed by atoms with E-state index in [-0.39, 0.29) is 6.79 Å². The van der Waals surface area contributed by atoms with Gasteiger partial charge in [0.1, 0.15) is 5.82 Å².